The summed E-state index contributed by atoms with van der Waals surface area (Å²) >= 11 is 6.18. The summed E-state index contributed by atoms with van der Waals surface area (Å²) in [5.41, 5.74) is 7.52. The normalized spacial score (nSPS) is 17.0. The number of primary amides is 1. The van der Waals surface area contributed by atoms with Crippen LogP contribution in [0.3, 0.4) is 0 Å². The molecule has 0 spiro atoms. The van der Waals surface area contributed by atoms with E-state index in [1.165, 1.54) is 0 Å². The molecule has 0 radical (unpaired) electrons. The molecule has 1 aliphatic rings. The molecule has 3 atom stereocenters. The monoisotopic (exact) mass is 618 g/mol. The molecule has 7 nitrogen and oxygen atoms in total. The number of rotatable bonds is 10. The Labute approximate surface area is 242 Å². The van der Waals surface area contributed by atoms with Gasteiger partial charge in [-0.25, -0.2) is 4.99 Å². The van der Waals surface area contributed by atoms with E-state index in [1.807, 2.05) is 13.8 Å². The Balaban J connectivity index is 2.06. The van der Waals surface area contributed by atoms with Crippen molar-refractivity contribution >= 4 is 40.7 Å². The molecule has 228 valence electrons. The average molecular weight is 619 g/mol. The number of nitrogens with two attached hydrogens (primary N) is 1. The van der Waals surface area contributed by atoms with Gasteiger partial charge >= 0.3 is 12.4 Å². The number of aliphatic imine (C=N–C) groups is 1. The van der Waals surface area contributed by atoms with Gasteiger partial charge in [-0.3, -0.25) is 14.4 Å². The number of carbonyl (C=O) groups excluding carboxylic acids is 3. The number of amides is 3. The van der Waals surface area contributed by atoms with E-state index in [0.717, 1.165) is 5.56 Å². The zero-order valence-electron chi connectivity index (χ0n) is 22.6. The van der Waals surface area contributed by atoms with Crippen LogP contribution in [0.15, 0.2) is 47.5 Å². The smallest absolute Gasteiger partial charge is 0.369 e. The molecule has 0 fully saturated rings. The van der Waals surface area contributed by atoms with E-state index >= 15 is 0 Å². The summed E-state index contributed by atoms with van der Waals surface area (Å²) < 4.78 is 78.1. The summed E-state index contributed by atoms with van der Waals surface area (Å²) in [6, 6.07) is 11.6. The molecular weight excluding hydrogens is 590 g/mol. The molecular formula is C28H29ClF6N4O3. The van der Waals surface area contributed by atoms with E-state index in [0.29, 0.717) is 21.8 Å². The lowest BCUT2D eigenvalue weighted by atomic mass is 9.83. The second kappa shape index (κ2) is 13.1. The van der Waals surface area contributed by atoms with Crippen LogP contribution in [0.1, 0.15) is 62.1 Å². The van der Waals surface area contributed by atoms with Crippen molar-refractivity contribution in [3.05, 3.63) is 64.2 Å². The van der Waals surface area contributed by atoms with Crippen molar-refractivity contribution < 1.29 is 40.7 Å². The molecule has 1 heterocycles. The van der Waals surface area contributed by atoms with Crippen molar-refractivity contribution in [3.63, 3.8) is 0 Å². The Bertz CT molecular complexity index is 1360. The maximum Gasteiger partial charge on any atom is 0.389 e. The minimum atomic E-state index is -4.78. The number of para-hydroxylation sites is 1. The van der Waals surface area contributed by atoms with Crippen molar-refractivity contribution in [2.45, 2.75) is 64.0 Å². The Morgan fingerprint density at radius 2 is 1.60 bits per heavy atom. The number of benzene rings is 2. The van der Waals surface area contributed by atoms with Gasteiger partial charge in [-0.2, -0.15) is 26.3 Å². The van der Waals surface area contributed by atoms with Crippen LogP contribution >= 0.6 is 11.6 Å². The molecule has 3 rings (SSSR count). The van der Waals surface area contributed by atoms with Gasteiger partial charge in [0.25, 0.3) is 5.91 Å². The number of carbonyl (C=O) groups is 3. The summed E-state index contributed by atoms with van der Waals surface area (Å²) in [5.74, 6) is -7.36. The largest absolute Gasteiger partial charge is 0.389 e. The summed E-state index contributed by atoms with van der Waals surface area (Å²) in [6.07, 6.45) is -16.4. The lowest BCUT2D eigenvalue weighted by molar-refractivity contribution is -0.152. The summed E-state index contributed by atoms with van der Waals surface area (Å²) in [4.78, 5) is 43.2. The summed E-state index contributed by atoms with van der Waals surface area (Å²) in [6.45, 7) is 3.77. The van der Waals surface area contributed by atoms with Crippen molar-refractivity contribution in [3.8, 4) is 0 Å². The van der Waals surface area contributed by atoms with Crippen LogP contribution in [-0.4, -0.2) is 42.0 Å². The second-order valence-electron chi connectivity index (χ2n) is 10.2. The van der Waals surface area contributed by atoms with Crippen molar-refractivity contribution in [2.24, 2.45) is 22.6 Å². The number of alkyl halides is 6. The molecule has 0 aromatic heterocycles. The Morgan fingerprint density at radius 1 is 1.00 bits per heavy atom. The number of anilines is 1. The van der Waals surface area contributed by atoms with Gasteiger partial charge in [-0.15, -0.1) is 0 Å². The minimum Gasteiger partial charge on any atom is -0.369 e. The quantitative estimate of drug-likeness (QED) is 0.280. The molecule has 2 unspecified atom stereocenters. The first kappa shape index (κ1) is 32.9. The number of nitrogens with zero attached hydrogens (tertiary/aromatic N) is 1. The van der Waals surface area contributed by atoms with Crippen LogP contribution in [0.5, 0.6) is 0 Å². The zero-order chi connectivity index (χ0) is 31.4. The van der Waals surface area contributed by atoms with Gasteiger partial charge < -0.3 is 16.4 Å². The van der Waals surface area contributed by atoms with Gasteiger partial charge in [0.05, 0.1) is 11.4 Å². The maximum atomic E-state index is 13.4. The minimum absolute atomic E-state index is 0.0660. The third-order valence-corrected chi connectivity index (χ3v) is 7.01. The molecule has 4 N–H and O–H groups in total. The summed E-state index contributed by atoms with van der Waals surface area (Å²) in [5, 5.41) is 5.30. The van der Waals surface area contributed by atoms with Gasteiger partial charge in [0.1, 0.15) is 0 Å². The second-order valence-corrected chi connectivity index (χ2v) is 10.7. The molecule has 0 bridgehead atoms. The van der Waals surface area contributed by atoms with Crippen LogP contribution in [0.2, 0.25) is 5.02 Å². The summed E-state index contributed by atoms with van der Waals surface area (Å²) in [7, 11) is 0. The van der Waals surface area contributed by atoms with Gasteiger partial charge in [0, 0.05) is 40.8 Å². The SMILES string of the molecule is CC(C)c1cccc2c1NC(=O)[C@@H](NC(=O)C(CCC(F)(F)F)C(CCC(F)(F)F)C(N)=O)N=C2c1cccc(Cl)c1. The van der Waals surface area contributed by atoms with Crippen molar-refractivity contribution in [1.29, 1.82) is 0 Å². The number of fused-ring (bicyclic) bond motifs is 1. The van der Waals surface area contributed by atoms with E-state index in [2.05, 4.69) is 15.6 Å². The van der Waals surface area contributed by atoms with Crippen LogP contribution in [-0.2, 0) is 14.4 Å². The molecule has 0 aliphatic carbocycles. The number of hydrogen-bond acceptors (Lipinski definition) is 4. The standard InChI is InChI=1S/C28H29ClF6N4O3/c1-14(2)17-7-4-8-20-21(15-5-3-6-16(29)13-15)37-24(26(42)38-22(17)20)39-25(41)19(10-12-28(33,34)35)18(23(36)40)9-11-27(30,31)32/h3-8,13-14,18-19,24H,9-12H2,1-2H3,(H2,36,40)(H,38,42)(H,39,41)/t18?,19?,24-/m1/s1. The van der Waals surface area contributed by atoms with Crippen LogP contribution in [0, 0.1) is 11.8 Å². The number of halogens is 7. The molecule has 2 aromatic carbocycles. The predicted octanol–water partition coefficient (Wildman–Crippen LogP) is 6.10. The van der Waals surface area contributed by atoms with E-state index in [4.69, 9.17) is 17.3 Å². The highest BCUT2D eigenvalue weighted by atomic mass is 35.5. The molecule has 14 heteroatoms. The first-order valence-electron chi connectivity index (χ1n) is 13.0. The lowest BCUT2D eigenvalue weighted by Gasteiger charge is -2.26. The predicted molar refractivity (Wildman–Crippen MR) is 145 cm³/mol. The topological polar surface area (TPSA) is 114 Å². The maximum absolute atomic E-state index is 13.4. The fraction of sp³-hybridized carbons (Fsp3) is 0.429. The highest BCUT2D eigenvalue weighted by molar-refractivity contribution is 6.31. The van der Waals surface area contributed by atoms with E-state index in [9.17, 15) is 40.7 Å². The number of hydrogen-bond donors (Lipinski definition) is 3. The molecule has 2 aromatic rings. The first-order chi connectivity index (χ1) is 19.5. The molecule has 3 amide bonds. The average Bonchev–Trinajstić information content (AvgIpc) is 3.00. The first-order valence-corrected chi connectivity index (χ1v) is 13.4. The number of nitrogens with one attached hydrogen (secondary N) is 2. The van der Waals surface area contributed by atoms with E-state index in [1.54, 1.807) is 42.5 Å². The van der Waals surface area contributed by atoms with Crippen LogP contribution in [0.25, 0.3) is 0 Å². The zero-order valence-corrected chi connectivity index (χ0v) is 23.3. The van der Waals surface area contributed by atoms with Gasteiger partial charge in [0.15, 0.2) is 0 Å². The van der Waals surface area contributed by atoms with E-state index in [-0.39, 0.29) is 11.6 Å². The van der Waals surface area contributed by atoms with E-state index < -0.39 is 73.8 Å². The highest BCUT2D eigenvalue weighted by Gasteiger charge is 2.40. The molecule has 42 heavy (non-hydrogen) atoms. The number of benzodiazepines with no additional fused rings is 1. The van der Waals surface area contributed by atoms with Crippen LogP contribution < -0.4 is 16.4 Å². The highest BCUT2D eigenvalue weighted by Crippen LogP contribution is 2.34. The molecule has 1 aliphatic heterocycles. The van der Waals surface area contributed by atoms with Crippen LogP contribution in [0.4, 0.5) is 32.0 Å². The fourth-order valence-electron chi connectivity index (χ4n) is 4.74. The van der Waals surface area contributed by atoms with Gasteiger partial charge in [0.2, 0.25) is 18.0 Å². The Hall–Kier alpha value is -3.61. The Kier molecular flexibility index (Phi) is 10.3. The van der Waals surface area contributed by atoms with Crippen molar-refractivity contribution in [1.82, 2.24) is 5.32 Å². The van der Waals surface area contributed by atoms with Gasteiger partial charge in [-0.1, -0.05) is 55.8 Å². The molecule has 0 saturated heterocycles. The lowest BCUT2D eigenvalue weighted by Crippen LogP contribution is -2.48. The van der Waals surface area contributed by atoms with Gasteiger partial charge in [-0.05, 0) is 36.5 Å². The Morgan fingerprint density at radius 3 is 2.14 bits per heavy atom. The molecule has 0 saturated carbocycles. The van der Waals surface area contributed by atoms with Crippen molar-refractivity contribution in [2.75, 3.05) is 5.32 Å². The third kappa shape index (κ3) is 8.70. The fourth-order valence-corrected chi connectivity index (χ4v) is 4.93. The third-order valence-electron chi connectivity index (χ3n) is 6.77.